The number of aromatic nitrogens is 8. The number of nitrogens with one attached hydrogen (secondary N) is 1. The van der Waals surface area contributed by atoms with Crippen molar-refractivity contribution in [2.24, 2.45) is 0 Å². The van der Waals surface area contributed by atoms with Crippen molar-refractivity contribution in [1.29, 1.82) is 5.26 Å². The molecular weight excluding hydrogens is 626 g/mol. The van der Waals surface area contributed by atoms with E-state index in [4.69, 9.17) is 24.0 Å². The number of morpholine rings is 1. The minimum Gasteiger partial charge on any atom is -0.487 e. The molecule has 1 atom stereocenters. The van der Waals surface area contributed by atoms with Crippen LogP contribution in [-0.2, 0) is 16.0 Å². The molecule has 4 heterocycles. The number of hydrogen-bond acceptors (Lipinski definition) is 13. The lowest BCUT2D eigenvalue weighted by Crippen LogP contribution is -2.45. The van der Waals surface area contributed by atoms with Crippen molar-refractivity contribution in [3.05, 3.63) is 48.7 Å². The van der Waals surface area contributed by atoms with Crippen LogP contribution in [0.2, 0.25) is 0 Å². The minimum atomic E-state index is -0.270. The zero-order valence-electron chi connectivity index (χ0n) is 28.4. The summed E-state index contributed by atoms with van der Waals surface area (Å²) in [5.41, 5.74) is 2.76. The quantitative estimate of drug-likeness (QED) is 0.177. The Morgan fingerprint density at radius 1 is 1.02 bits per heavy atom. The van der Waals surface area contributed by atoms with Gasteiger partial charge in [0, 0.05) is 43.5 Å². The molecule has 0 unspecified atom stereocenters. The molecule has 1 aromatic carbocycles. The Morgan fingerprint density at radius 3 is 2.51 bits per heavy atom. The summed E-state index contributed by atoms with van der Waals surface area (Å²) in [7, 11) is 0. The van der Waals surface area contributed by atoms with Gasteiger partial charge in [0.25, 0.3) is 5.88 Å². The zero-order chi connectivity index (χ0) is 34.0. The topological polar surface area (TPSA) is 163 Å². The first kappa shape index (κ1) is 34.2. The average Bonchev–Trinajstić information content (AvgIpc) is 3.78. The Balaban J connectivity index is 1.13. The number of tetrazole rings is 1. The molecular formula is C34H45N11O4. The van der Waals surface area contributed by atoms with Crippen molar-refractivity contribution >= 4 is 11.6 Å². The molecule has 15 nitrogen and oxygen atoms in total. The van der Waals surface area contributed by atoms with Crippen LogP contribution in [0.25, 0.3) is 11.1 Å². The Morgan fingerprint density at radius 2 is 1.80 bits per heavy atom. The summed E-state index contributed by atoms with van der Waals surface area (Å²) in [5.74, 6) is 1.42. The van der Waals surface area contributed by atoms with E-state index >= 15 is 0 Å². The molecule has 1 N–H and O–H groups in total. The maximum absolute atomic E-state index is 9.67. The van der Waals surface area contributed by atoms with Gasteiger partial charge in [-0.1, -0.05) is 6.07 Å². The van der Waals surface area contributed by atoms with E-state index in [2.05, 4.69) is 41.8 Å². The van der Waals surface area contributed by atoms with Gasteiger partial charge in [-0.2, -0.15) is 5.26 Å². The van der Waals surface area contributed by atoms with Crippen LogP contribution in [-0.4, -0.2) is 103 Å². The third-order valence-electron chi connectivity index (χ3n) is 8.78. The van der Waals surface area contributed by atoms with E-state index in [0.717, 1.165) is 75.2 Å². The normalized spacial score (nSPS) is 19.0. The molecule has 0 spiro atoms. The molecule has 15 heteroatoms. The third-order valence-corrected chi connectivity index (χ3v) is 8.78. The molecule has 49 heavy (non-hydrogen) atoms. The van der Waals surface area contributed by atoms with Crippen LogP contribution in [0.4, 0.5) is 11.6 Å². The SMILES string of the molecule is CC(C)OCCCOc1nn([C@H]2CC[C@H](N3CCOCC3)CC2)cc1Nc1ncc(-c2ccc(C#N)c(O[C@@H](C)Cn3cnnn3)c2)cn1. The number of nitriles is 1. The fourth-order valence-electron chi connectivity index (χ4n) is 6.27. The van der Waals surface area contributed by atoms with Gasteiger partial charge in [-0.3, -0.25) is 9.58 Å². The summed E-state index contributed by atoms with van der Waals surface area (Å²) in [6.45, 7) is 11.2. The highest BCUT2D eigenvalue weighted by Gasteiger charge is 2.29. The lowest BCUT2D eigenvalue weighted by Gasteiger charge is -2.38. The second-order valence-corrected chi connectivity index (χ2v) is 12.8. The van der Waals surface area contributed by atoms with Gasteiger partial charge in [0.2, 0.25) is 5.95 Å². The molecule has 3 aromatic heterocycles. The molecule has 2 fully saturated rings. The van der Waals surface area contributed by atoms with Crippen molar-refractivity contribution in [2.45, 2.75) is 83.7 Å². The highest BCUT2D eigenvalue weighted by atomic mass is 16.5. The van der Waals surface area contributed by atoms with Crippen LogP contribution in [0, 0.1) is 11.3 Å². The van der Waals surface area contributed by atoms with Crippen LogP contribution < -0.4 is 14.8 Å². The minimum absolute atomic E-state index is 0.180. The van der Waals surface area contributed by atoms with Gasteiger partial charge in [0.1, 0.15) is 29.9 Å². The Bertz CT molecular complexity index is 1640. The van der Waals surface area contributed by atoms with Gasteiger partial charge in [-0.15, -0.1) is 10.2 Å². The molecule has 0 bridgehead atoms. The van der Waals surface area contributed by atoms with Gasteiger partial charge >= 0.3 is 0 Å². The van der Waals surface area contributed by atoms with Gasteiger partial charge < -0.3 is 24.3 Å². The van der Waals surface area contributed by atoms with E-state index in [-0.39, 0.29) is 12.2 Å². The second kappa shape index (κ2) is 16.6. The molecule has 1 saturated carbocycles. The Hall–Kier alpha value is -4.65. The number of ether oxygens (including phenoxy) is 4. The first-order valence-corrected chi connectivity index (χ1v) is 17.1. The molecule has 0 radical (unpaired) electrons. The third kappa shape index (κ3) is 9.28. The Labute approximate surface area is 286 Å². The van der Waals surface area contributed by atoms with Gasteiger partial charge in [-0.05, 0) is 74.6 Å². The van der Waals surface area contributed by atoms with Gasteiger partial charge in [0.05, 0.1) is 56.9 Å². The summed E-state index contributed by atoms with van der Waals surface area (Å²) < 4.78 is 27.1. The standard InChI is InChI=1S/C34H45N11O4/c1-24(2)47-13-4-14-48-33-31(22-45(40-33)30-9-7-29(8-10-30)43-11-15-46-16-12-43)39-34-36-19-28(20-37-34)26-5-6-27(18-35)32(17-26)49-25(3)21-44-23-38-41-42-44/h5-6,17,19-20,22-25,29-30H,4,7-16,21H2,1-3H3,(H,36,37,39)/t25-,29-,30-/m0/s1. The van der Waals surface area contributed by atoms with Crippen molar-refractivity contribution in [2.75, 3.05) is 44.8 Å². The molecule has 260 valence electrons. The van der Waals surface area contributed by atoms with E-state index in [1.165, 1.54) is 6.33 Å². The number of rotatable bonds is 15. The predicted octanol–water partition coefficient (Wildman–Crippen LogP) is 4.42. The predicted molar refractivity (Wildman–Crippen MR) is 180 cm³/mol. The van der Waals surface area contributed by atoms with E-state index in [9.17, 15) is 5.26 Å². The fraction of sp³-hybridized carbons (Fsp3) is 0.559. The highest BCUT2D eigenvalue weighted by Crippen LogP contribution is 2.35. The van der Waals surface area contributed by atoms with E-state index in [0.29, 0.717) is 55.0 Å². The number of nitrogens with zero attached hydrogens (tertiary/aromatic N) is 10. The van der Waals surface area contributed by atoms with Crippen LogP contribution in [0.1, 0.15) is 64.5 Å². The first-order valence-electron chi connectivity index (χ1n) is 17.1. The lowest BCUT2D eigenvalue weighted by molar-refractivity contribution is 0.00502. The molecule has 1 aliphatic heterocycles. The van der Waals surface area contributed by atoms with Crippen LogP contribution in [0.3, 0.4) is 0 Å². The lowest BCUT2D eigenvalue weighted by atomic mass is 9.90. The van der Waals surface area contributed by atoms with E-state index < -0.39 is 0 Å². The maximum atomic E-state index is 9.67. The van der Waals surface area contributed by atoms with Crippen LogP contribution >= 0.6 is 0 Å². The van der Waals surface area contributed by atoms with Crippen LogP contribution in [0.15, 0.2) is 43.1 Å². The molecule has 1 saturated heterocycles. The molecule has 2 aliphatic rings. The monoisotopic (exact) mass is 671 g/mol. The number of hydrogen-bond donors (Lipinski definition) is 1. The Kier molecular flexibility index (Phi) is 11.6. The summed E-state index contributed by atoms with van der Waals surface area (Å²) in [5, 5.41) is 29.1. The van der Waals surface area contributed by atoms with Crippen molar-refractivity contribution in [1.82, 2.24) is 44.9 Å². The van der Waals surface area contributed by atoms with Gasteiger partial charge in [0.15, 0.2) is 0 Å². The number of benzene rings is 1. The fourth-order valence-corrected chi connectivity index (χ4v) is 6.27. The maximum Gasteiger partial charge on any atom is 0.256 e. The van der Waals surface area contributed by atoms with E-state index in [1.807, 2.05) is 43.8 Å². The second-order valence-electron chi connectivity index (χ2n) is 12.8. The molecule has 4 aromatic rings. The van der Waals surface area contributed by atoms with E-state index in [1.54, 1.807) is 23.1 Å². The summed E-state index contributed by atoms with van der Waals surface area (Å²) in [6, 6.07) is 8.53. The molecule has 6 rings (SSSR count). The molecule has 0 amide bonds. The zero-order valence-corrected chi connectivity index (χ0v) is 28.4. The first-order chi connectivity index (χ1) is 23.9. The highest BCUT2D eigenvalue weighted by molar-refractivity contribution is 5.67. The van der Waals surface area contributed by atoms with Crippen molar-refractivity contribution < 1.29 is 18.9 Å². The van der Waals surface area contributed by atoms with Crippen LogP contribution in [0.5, 0.6) is 11.6 Å². The smallest absolute Gasteiger partial charge is 0.256 e. The summed E-state index contributed by atoms with van der Waals surface area (Å²) >= 11 is 0. The van der Waals surface area contributed by atoms with Gasteiger partial charge in [-0.25, -0.2) is 14.6 Å². The largest absolute Gasteiger partial charge is 0.487 e. The average molecular weight is 672 g/mol. The molecule has 1 aliphatic carbocycles. The number of anilines is 2. The summed E-state index contributed by atoms with van der Waals surface area (Å²) in [4.78, 5) is 11.8. The van der Waals surface area contributed by atoms with Crippen molar-refractivity contribution in [3.8, 4) is 28.8 Å². The summed E-state index contributed by atoms with van der Waals surface area (Å²) in [6.07, 6.45) is 12.1. The van der Waals surface area contributed by atoms with Crippen molar-refractivity contribution in [3.63, 3.8) is 0 Å².